The molecule has 2 saturated heterocycles. The molecule has 164 valence electrons. The summed E-state index contributed by atoms with van der Waals surface area (Å²) >= 11 is 2.19. The van der Waals surface area contributed by atoms with Gasteiger partial charge in [-0.25, -0.2) is 0 Å². The molecule has 0 spiro atoms. The lowest BCUT2D eigenvalue weighted by Gasteiger charge is -2.38. The molecular formula is C24H37IO4. The maximum atomic E-state index is 12.7. The third kappa shape index (κ3) is 7.35. The molecule has 0 radical (unpaired) electrons. The molecule has 0 aromatic heterocycles. The number of hydrogen-bond acceptors (Lipinski definition) is 4. The van der Waals surface area contributed by atoms with Gasteiger partial charge in [-0.3, -0.25) is 4.79 Å². The Bertz CT molecular complexity index is 589. The van der Waals surface area contributed by atoms with Crippen molar-refractivity contribution in [1.29, 1.82) is 0 Å². The molecule has 0 saturated carbocycles. The van der Waals surface area contributed by atoms with Gasteiger partial charge < -0.3 is 14.2 Å². The standard InChI is InChI=1S/C24H37IO4/c1-16-7-8-18(3)23(9-10-25)29-24(26)15-22-13-17(2)12-21(28-22)14-20-6-4-5-19(11-16)27-20/h7-10,16-23H,4-6,11-15H2,1-3H3/b8-7+,10-9+/t16-,17+,18-,19+,20?,21+,22?,23?/m0/s1. The van der Waals surface area contributed by atoms with E-state index >= 15 is 0 Å². The van der Waals surface area contributed by atoms with E-state index in [4.69, 9.17) is 14.2 Å². The van der Waals surface area contributed by atoms with E-state index in [0.29, 0.717) is 24.4 Å². The third-order valence-electron chi connectivity index (χ3n) is 6.50. The van der Waals surface area contributed by atoms with Gasteiger partial charge in [-0.2, -0.15) is 0 Å². The van der Waals surface area contributed by atoms with Crippen molar-refractivity contribution in [3.05, 3.63) is 22.3 Å². The van der Waals surface area contributed by atoms with Crippen molar-refractivity contribution in [2.75, 3.05) is 0 Å². The van der Waals surface area contributed by atoms with Gasteiger partial charge in [0.1, 0.15) is 6.10 Å². The number of fused-ring (bicyclic) bond motifs is 4. The number of cyclic esters (lactones) is 1. The summed E-state index contributed by atoms with van der Waals surface area (Å²) in [6, 6.07) is 0. The van der Waals surface area contributed by atoms with Crippen molar-refractivity contribution in [2.45, 2.75) is 103 Å². The van der Waals surface area contributed by atoms with E-state index in [-0.39, 0.29) is 36.3 Å². The molecule has 3 aliphatic heterocycles. The van der Waals surface area contributed by atoms with E-state index in [0.717, 1.165) is 38.5 Å². The van der Waals surface area contributed by atoms with Gasteiger partial charge in [0, 0.05) is 5.92 Å². The fourth-order valence-electron chi connectivity index (χ4n) is 5.03. The van der Waals surface area contributed by atoms with Crippen LogP contribution in [0.4, 0.5) is 0 Å². The monoisotopic (exact) mass is 516 g/mol. The maximum Gasteiger partial charge on any atom is 0.309 e. The largest absolute Gasteiger partial charge is 0.457 e. The van der Waals surface area contributed by atoms with Crippen molar-refractivity contribution in [1.82, 2.24) is 0 Å². The number of esters is 1. The maximum absolute atomic E-state index is 12.7. The Balaban J connectivity index is 1.77. The van der Waals surface area contributed by atoms with Crippen molar-refractivity contribution in [3.63, 3.8) is 0 Å². The zero-order valence-corrected chi connectivity index (χ0v) is 20.3. The molecule has 3 unspecified atom stereocenters. The van der Waals surface area contributed by atoms with Crippen LogP contribution >= 0.6 is 22.6 Å². The van der Waals surface area contributed by atoms with Crippen LogP contribution in [-0.2, 0) is 19.0 Å². The number of ether oxygens (including phenoxy) is 3. The van der Waals surface area contributed by atoms with Gasteiger partial charge in [0.05, 0.1) is 30.8 Å². The Morgan fingerprint density at radius 3 is 2.38 bits per heavy atom. The lowest BCUT2D eigenvalue weighted by atomic mass is 9.88. The Kier molecular flexibility index (Phi) is 9.05. The van der Waals surface area contributed by atoms with Crippen molar-refractivity contribution < 1.29 is 19.0 Å². The third-order valence-corrected chi connectivity index (χ3v) is 6.91. The Hall–Kier alpha value is -0.400. The predicted octanol–water partition coefficient (Wildman–Crippen LogP) is 5.98. The first-order chi connectivity index (χ1) is 13.9. The molecule has 2 fully saturated rings. The Labute approximate surface area is 190 Å². The topological polar surface area (TPSA) is 44.8 Å². The summed E-state index contributed by atoms with van der Waals surface area (Å²) in [5.74, 6) is 0.997. The van der Waals surface area contributed by atoms with Crippen molar-refractivity contribution in [3.8, 4) is 0 Å². The molecule has 3 aliphatic rings. The average Bonchev–Trinajstić information content (AvgIpc) is 2.65. The lowest BCUT2D eigenvalue weighted by molar-refractivity contribution is -0.157. The average molecular weight is 516 g/mol. The van der Waals surface area contributed by atoms with E-state index in [1.165, 1.54) is 6.42 Å². The number of allylic oxidation sites excluding steroid dienone is 1. The predicted molar refractivity (Wildman–Crippen MR) is 124 cm³/mol. The summed E-state index contributed by atoms with van der Waals surface area (Å²) in [5, 5.41) is 0. The molecule has 8 atom stereocenters. The number of rotatable bonds is 1. The summed E-state index contributed by atoms with van der Waals surface area (Å²) in [6.45, 7) is 6.64. The molecule has 0 aromatic carbocycles. The summed E-state index contributed by atoms with van der Waals surface area (Å²) in [4.78, 5) is 12.7. The zero-order chi connectivity index (χ0) is 20.8. The molecule has 0 N–H and O–H groups in total. The molecule has 4 bridgehead atoms. The van der Waals surface area contributed by atoms with Crippen LogP contribution in [0.1, 0.15) is 72.1 Å². The highest BCUT2D eigenvalue weighted by Gasteiger charge is 2.33. The SMILES string of the molecule is C[C@H]1CC2CC(=O)OC(/C=C/I)[C@@H](C)/C=C/[C@H](C)C[C@H]3CCCC(C[C@@H](C1)O2)O3. The van der Waals surface area contributed by atoms with Crippen LogP contribution in [0.5, 0.6) is 0 Å². The molecule has 0 amide bonds. The smallest absolute Gasteiger partial charge is 0.309 e. The highest BCUT2D eigenvalue weighted by Crippen LogP contribution is 2.33. The summed E-state index contributed by atoms with van der Waals surface area (Å²) < 4.78 is 20.6. The van der Waals surface area contributed by atoms with Gasteiger partial charge in [0.2, 0.25) is 0 Å². The summed E-state index contributed by atoms with van der Waals surface area (Å²) in [5.41, 5.74) is 0. The second-order valence-electron chi connectivity index (χ2n) is 9.44. The Morgan fingerprint density at radius 2 is 1.62 bits per heavy atom. The van der Waals surface area contributed by atoms with Crippen LogP contribution in [0, 0.1) is 17.8 Å². The van der Waals surface area contributed by atoms with Crippen LogP contribution in [0.15, 0.2) is 22.3 Å². The van der Waals surface area contributed by atoms with Crippen LogP contribution in [0.3, 0.4) is 0 Å². The number of carbonyl (C=O) groups excluding carboxylic acids is 1. The van der Waals surface area contributed by atoms with E-state index < -0.39 is 0 Å². The molecule has 0 aromatic rings. The van der Waals surface area contributed by atoms with Gasteiger partial charge in [0.25, 0.3) is 0 Å². The zero-order valence-electron chi connectivity index (χ0n) is 18.1. The van der Waals surface area contributed by atoms with Crippen LogP contribution in [0.2, 0.25) is 0 Å². The lowest BCUT2D eigenvalue weighted by Crippen LogP contribution is -2.38. The Morgan fingerprint density at radius 1 is 0.931 bits per heavy atom. The molecule has 0 aliphatic carbocycles. The molecule has 3 rings (SSSR count). The summed E-state index contributed by atoms with van der Waals surface area (Å²) in [6.07, 6.45) is 14.8. The first kappa shape index (κ1) is 23.3. The van der Waals surface area contributed by atoms with Gasteiger partial charge >= 0.3 is 5.97 Å². The normalized spacial score (nSPS) is 43.7. The fourth-order valence-corrected chi connectivity index (χ4v) is 5.44. The van der Waals surface area contributed by atoms with Gasteiger partial charge in [-0.15, -0.1) is 0 Å². The summed E-state index contributed by atoms with van der Waals surface area (Å²) in [7, 11) is 0. The van der Waals surface area contributed by atoms with E-state index in [2.05, 4.69) is 55.5 Å². The highest BCUT2D eigenvalue weighted by atomic mass is 127. The molecule has 29 heavy (non-hydrogen) atoms. The number of carbonyl (C=O) groups is 1. The van der Waals surface area contributed by atoms with Crippen LogP contribution in [0.25, 0.3) is 0 Å². The first-order valence-electron chi connectivity index (χ1n) is 11.4. The van der Waals surface area contributed by atoms with E-state index in [1.807, 2.05) is 10.2 Å². The van der Waals surface area contributed by atoms with Crippen molar-refractivity contribution in [2.24, 2.45) is 17.8 Å². The van der Waals surface area contributed by atoms with Crippen LogP contribution in [-0.4, -0.2) is 36.5 Å². The highest BCUT2D eigenvalue weighted by molar-refractivity contribution is 14.1. The second kappa shape index (κ2) is 11.3. The fraction of sp³-hybridized carbons (Fsp3) is 0.792. The number of halogens is 1. The second-order valence-corrected chi connectivity index (χ2v) is 10.2. The number of hydrogen-bond donors (Lipinski definition) is 0. The molecular weight excluding hydrogens is 479 g/mol. The van der Waals surface area contributed by atoms with Gasteiger partial charge in [-0.1, -0.05) is 55.5 Å². The van der Waals surface area contributed by atoms with E-state index in [1.54, 1.807) is 0 Å². The molecule has 5 heteroatoms. The molecule has 3 heterocycles. The van der Waals surface area contributed by atoms with Gasteiger partial charge in [-0.05, 0) is 66.9 Å². The van der Waals surface area contributed by atoms with Gasteiger partial charge in [0.15, 0.2) is 0 Å². The quantitative estimate of drug-likeness (QED) is 0.244. The minimum atomic E-state index is -0.233. The minimum absolute atomic E-state index is 0.0429. The van der Waals surface area contributed by atoms with E-state index in [9.17, 15) is 4.79 Å². The van der Waals surface area contributed by atoms with Crippen LogP contribution < -0.4 is 0 Å². The minimum Gasteiger partial charge on any atom is -0.457 e. The molecule has 4 nitrogen and oxygen atoms in total. The first-order valence-corrected chi connectivity index (χ1v) is 12.6. The van der Waals surface area contributed by atoms with Crippen molar-refractivity contribution >= 4 is 28.6 Å².